The van der Waals surface area contributed by atoms with Crippen LogP contribution in [0.4, 0.5) is 4.39 Å². The Labute approximate surface area is 103 Å². The lowest BCUT2D eigenvalue weighted by molar-refractivity contribution is 0.521. The predicted molar refractivity (Wildman–Crippen MR) is 69.5 cm³/mol. The van der Waals surface area contributed by atoms with Crippen molar-refractivity contribution in [1.82, 2.24) is 5.32 Å². The Morgan fingerprint density at radius 2 is 2.00 bits per heavy atom. The Morgan fingerprint density at radius 1 is 1.29 bits per heavy atom. The van der Waals surface area contributed by atoms with Crippen LogP contribution in [-0.4, -0.2) is 6.04 Å². The third-order valence-corrected chi connectivity index (χ3v) is 3.32. The molecule has 2 heteroatoms. The van der Waals surface area contributed by atoms with Crippen LogP contribution in [0.1, 0.15) is 36.0 Å². The van der Waals surface area contributed by atoms with Crippen molar-refractivity contribution in [1.29, 1.82) is 0 Å². The number of halogens is 1. The molecule has 0 saturated heterocycles. The maximum Gasteiger partial charge on any atom is 0.129 e. The van der Waals surface area contributed by atoms with Crippen molar-refractivity contribution in [2.45, 2.75) is 45.7 Å². The lowest BCUT2D eigenvalue weighted by atomic mass is 10.0. The number of aryl methyl sites for hydroxylation is 2. The summed E-state index contributed by atoms with van der Waals surface area (Å²) in [5.74, 6) is -0.0775. The molecule has 0 radical (unpaired) electrons. The molecule has 1 aliphatic carbocycles. The summed E-state index contributed by atoms with van der Waals surface area (Å²) < 4.78 is 13.5. The van der Waals surface area contributed by atoms with E-state index in [0.29, 0.717) is 6.04 Å². The summed E-state index contributed by atoms with van der Waals surface area (Å²) in [6.45, 7) is 4.47. The highest BCUT2D eigenvalue weighted by molar-refractivity contribution is 5.30. The van der Waals surface area contributed by atoms with Gasteiger partial charge in [0.2, 0.25) is 0 Å². The molecule has 1 N–H and O–H groups in total. The van der Waals surface area contributed by atoms with E-state index in [1.807, 2.05) is 26.0 Å². The predicted octanol–water partition coefficient (Wildman–Crippen LogP) is 3.64. The molecule has 0 amide bonds. The first kappa shape index (κ1) is 12.3. The molecule has 1 aromatic rings. The van der Waals surface area contributed by atoms with Gasteiger partial charge >= 0.3 is 0 Å². The third kappa shape index (κ3) is 3.16. The molecule has 1 nitrogen and oxygen atoms in total. The van der Waals surface area contributed by atoms with E-state index in [9.17, 15) is 4.39 Å². The molecule has 0 spiro atoms. The second-order valence-corrected chi connectivity index (χ2v) is 4.89. The van der Waals surface area contributed by atoms with Crippen LogP contribution in [0.15, 0.2) is 24.3 Å². The minimum absolute atomic E-state index is 0.0775. The van der Waals surface area contributed by atoms with Gasteiger partial charge in [0, 0.05) is 12.6 Å². The Balaban J connectivity index is 1.99. The molecule has 0 fully saturated rings. The number of hydrogen-bond donors (Lipinski definition) is 1. The molecule has 92 valence electrons. The Kier molecular flexibility index (Phi) is 3.95. The molecule has 1 aliphatic rings. The number of allylic oxidation sites excluding steroid dienone is 1. The maximum atomic E-state index is 13.5. The largest absolute Gasteiger partial charge is 0.306 e. The summed E-state index contributed by atoms with van der Waals surface area (Å²) in [5.41, 5.74) is 2.64. The van der Waals surface area contributed by atoms with E-state index in [-0.39, 0.29) is 5.82 Å². The van der Waals surface area contributed by atoms with Gasteiger partial charge in [0.1, 0.15) is 5.82 Å². The molecule has 1 atom stereocenters. The SMILES string of the molecule is Cc1cc(CNC2C=CCCC2)cc(C)c1F. The molecule has 1 unspecified atom stereocenters. The van der Waals surface area contributed by atoms with Crippen LogP contribution in [0, 0.1) is 19.7 Å². The van der Waals surface area contributed by atoms with Gasteiger partial charge in [-0.05, 0) is 49.8 Å². The van der Waals surface area contributed by atoms with Gasteiger partial charge in [0.15, 0.2) is 0 Å². The molecule has 17 heavy (non-hydrogen) atoms. The summed E-state index contributed by atoms with van der Waals surface area (Å²) in [6.07, 6.45) is 8.15. The van der Waals surface area contributed by atoms with E-state index in [1.165, 1.54) is 24.8 Å². The average Bonchev–Trinajstić information content (AvgIpc) is 2.34. The lowest BCUT2D eigenvalue weighted by Crippen LogP contribution is -2.27. The molecule has 0 aliphatic heterocycles. The summed E-state index contributed by atoms with van der Waals surface area (Å²) in [5, 5.41) is 3.50. The first-order valence-corrected chi connectivity index (χ1v) is 6.32. The number of rotatable bonds is 3. The third-order valence-electron chi connectivity index (χ3n) is 3.32. The number of nitrogens with one attached hydrogen (secondary N) is 1. The van der Waals surface area contributed by atoms with Crippen molar-refractivity contribution in [3.8, 4) is 0 Å². The second-order valence-electron chi connectivity index (χ2n) is 4.89. The molecular weight excluding hydrogens is 213 g/mol. The van der Waals surface area contributed by atoms with Gasteiger partial charge in [-0.25, -0.2) is 4.39 Å². The smallest absolute Gasteiger partial charge is 0.129 e. The highest BCUT2D eigenvalue weighted by Gasteiger charge is 2.08. The fourth-order valence-corrected chi connectivity index (χ4v) is 2.37. The van der Waals surface area contributed by atoms with Crippen LogP contribution in [0.3, 0.4) is 0 Å². The average molecular weight is 233 g/mol. The van der Waals surface area contributed by atoms with Gasteiger partial charge in [-0.15, -0.1) is 0 Å². The van der Waals surface area contributed by atoms with E-state index in [1.54, 1.807) is 0 Å². The second kappa shape index (κ2) is 5.46. The zero-order valence-electron chi connectivity index (χ0n) is 10.6. The number of benzene rings is 1. The van der Waals surface area contributed by atoms with E-state index < -0.39 is 0 Å². The van der Waals surface area contributed by atoms with Gasteiger partial charge < -0.3 is 5.32 Å². The van der Waals surface area contributed by atoms with Crippen molar-refractivity contribution in [2.75, 3.05) is 0 Å². The molecule has 1 aromatic carbocycles. The zero-order valence-corrected chi connectivity index (χ0v) is 10.6. The Hall–Kier alpha value is -1.15. The van der Waals surface area contributed by atoms with Crippen molar-refractivity contribution >= 4 is 0 Å². The van der Waals surface area contributed by atoms with Crippen LogP contribution in [0.25, 0.3) is 0 Å². The van der Waals surface area contributed by atoms with E-state index in [4.69, 9.17) is 0 Å². The monoisotopic (exact) mass is 233 g/mol. The molecule has 0 bridgehead atoms. The molecule has 2 rings (SSSR count). The number of hydrogen-bond acceptors (Lipinski definition) is 1. The summed E-state index contributed by atoms with van der Waals surface area (Å²) in [6, 6.07) is 4.35. The van der Waals surface area contributed by atoms with E-state index >= 15 is 0 Å². The van der Waals surface area contributed by atoms with E-state index in [0.717, 1.165) is 17.7 Å². The van der Waals surface area contributed by atoms with Gasteiger partial charge in [-0.1, -0.05) is 24.3 Å². The minimum Gasteiger partial charge on any atom is -0.306 e. The Bertz CT molecular complexity index is 400. The zero-order chi connectivity index (χ0) is 12.3. The first-order valence-electron chi connectivity index (χ1n) is 6.32. The van der Waals surface area contributed by atoms with Crippen molar-refractivity contribution in [3.05, 3.63) is 46.8 Å². The van der Waals surface area contributed by atoms with Crippen molar-refractivity contribution in [2.24, 2.45) is 0 Å². The van der Waals surface area contributed by atoms with Gasteiger partial charge in [0.25, 0.3) is 0 Å². The summed E-state index contributed by atoms with van der Waals surface area (Å²) in [4.78, 5) is 0. The fourth-order valence-electron chi connectivity index (χ4n) is 2.37. The van der Waals surface area contributed by atoms with E-state index in [2.05, 4.69) is 17.5 Å². The normalized spacial score (nSPS) is 19.6. The Morgan fingerprint density at radius 3 is 2.59 bits per heavy atom. The first-order chi connectivity index (χ1) is 8.16. The van der Waals surface area contributed by atoms with Gasteiger partial charge in [-0.3, -0.25) is 0 Å². The highest BCUT2D eigenvalue weighted by atomic mass is 19.1. The standard InChI is InChI=1S/C15H20FN/c1-11-8-13(9-12(2)15(11)16)10-17-14-6-4-3-5-7-14/h4,6,8-9,14,17H,3,5,7,10H2,1-2H3. The van der Waals surface area contributed by atoms with Crippen LogP contribution in [-0.2, 0) is 6.54 Å². The maximum absolute atomic E-state index is 13.5. The fraction of sp³-hybridized carbons (Fsp3) is 0.467. The van der Waals surface area contributed by atoms with Crippen LogP contribution in [0.5, 0.6) is 0 Å². The van der Waals surface area contributed by atoms with Crippen molar-refractivity contribution < 1.29 is 4.39 Å². The molecule has 0 saturated carbocycles. The molecular formula is C15H20FN. The highest BCUT2D eigenvalue weighted by Crippen LogP contribution is 2.16. The van der Waals surface area contributed by atoms with Gasteiger partial charge in [0.05, 0.1) is 0 Å². The van der Waals surface area contributed by atoms with Crippen LogP contribution >= 0.6 is 0 Å². The lowest BCUT2D eigenvalue weighted by Gasteiger charge is -2.18. The topological polar surface area (TPSA) is 12.0 Å². The minimum atomic E-state index is -0.0775. The molecule has 0 heterocycles. The van der Waals surface area contributed by atoms with Gasteiger partial charge in [-0.2, -0.15) is 0 Å². The quantitative estimate of drug-likeness (QED) is 0.786. The summed E-state index contributed by atoms with van der Waals surface area (Å²) in [7, 11) is 0. The summed E-state index contributed by atoms with van der Waals surface area (Å²) >= 11 is 0. The van der Waals surface area contributed by atoms with Crippen LogP contribution in [0.2, 0.25) is 0 Å². The van der Waals surface area contributed by atoms with Crippen LogP contribution < -0.4 is 5.32 Å². The molecule has 0 aromatic heterocycles. The van der Waals surface area contributed by atoms with Crippen molar-refractivity contribution in [3.63, 3.8) is 0 Å².